The number of pyridine rings is 1. The molecule has 4 aromatic rings. The lowest BCUT2D eigenvalue weighted by Gasteiger charge is -2.24. The van der Waals surface area contributed by atoms with Crippen molar-refractivity contribution in [3.05, 3.63) is 75.8 Å². The Kier molecular flexibility index (Phi) is 6.35. The zero-order valence-electron chi connectivity index (χ0n) is 19.9. The van der Waals surface area contributed by atoms with E-state index in [9.17, 15) is 4.79 Å². The minimum atomic E-state index is -0.123. The Morgan fingerprint density at radius 1 is 1.08 bits per heavy atom. The minimum absolute atomic E-state index is 0.123. The predicted octanol–water partition coefficient (Wildman–Crippen LogP) is 2.67. The lowest BCUT2D eigenvalue weighted by Crippen LogP contribution is -2.34. The molecule has 1 N–H and O–H groups in total. The van der Waals surface area contributed by atoms with E-state index in [1.165, 1.54) is 5.56 Å². The summed E-state index contributed by atoms with van der Waals surface area (Å²) in [6.45, 7) is 3.31. The molecule has 0 spiro atoms. The SMILES string of the molecule is O=c1[nH]c2cc3c(cc2cc1CN(Cc1nnnn1CCc1ccccc1)CC1CCCO1)OCO3. The molecule has 1 atom stereocenters. The van der Waals surface area contributed by atoms with Gasteiger partial charge in [-0.05, 0) is 47.4 Å². The molecule has 1 saturated heterocycles. The molecule has 0 radical (unpaired) electrons. The van der Waals surface area contributed by atoms with Gasteiger partial charge in [0.1, 0.15) is 0 Å². The van der Waals surface area contributed by atoms with Crippen LogP contribution in [0.1, 0.15) is 29.8 Å². The van der Waals surface area contributed by atoms with E-state index in [2.05, 4.69) is 37.5 Å². The molecule has 1 fully saturated rings. The molecule has 10 nitrogen and oxygen atoms in total. The third-order valence-electron chi connectivity index (χ3n) is 6.72. The summed E-state index contributed by atoms with van der Waals surface area (Å²) in [5, 5.41) is 13.3. The minimum Gasteiger partial charge on any atom is -0.454 e. The van der Waals surface area contributed by atoms with Gasteiger partial charge < -0.3 is 19.2 Å². The fourth-order valence-electron chi connectivity index (χ4n) is 4.85. The van der Waals surface area contributed by atoms with Gasteiger partial charge in [0.15, 0.2) is 17.3 Å². The number of ether oxygens (including phenoxy) is 3. The lowest BCUT2D eigenvalue weighted by atomic mass is 10.1. The van der Waals surface area contributed by atoms with Crippen LogP contribution in [0.15, 0.2) is 53.3 Å². The van der Waals surface area contributed by atoms with E-state index < -0.39 is 0 Å². The number of aromatic nitrogens is 5. The number of nitrogens with one attached hydrogen (secondary N) is 1. The first-order valence-corrected chi connectivity index (χ1v) is 12.3. The monoisotopic (exact) mass is 488 g/mol. The van der Waals surface area contributed by atoms with Crippen molar-refractivity contribution in [2.75, 3.05) is 19.9 Å². The molecule has 2 aliphatic heterocycles. The molecule has 10 heteroatoms. The van der Waals surface area contributed by atoms with E-state index in [1.807, 2.05) is 41.1 Å². The van der Waals surface area contributed by atoms with Crippen LogP contribution in [0.25, 0.3) is 10.9 Å². The van der Waals surface area contributed by atoms with Gasteiger partial charge in [0.2, 0.25) is 6.79 Å². The number of fused-ring (bicyclic) bond motifs is 2. The molecule has 1 unspecified atom stereocenters. The van der Waals surface area contributed by atoms with Crippen LogP contribution in [0, 0.1) is 0 Å². The van der Waals surface area contributed by atoms with Gasteiger partial charge in [-0.25, -0.2) is 4.68 Å². The number of aryl methyl sites for hydroxylation is 2. The number of tetrazole rings is 1. The van der Waals surface area contributed by atoms with E-state index in [0.29, 0.717) is 43.2 Å². The second kappa shape index (κ2) is 10.1. The highest BCUT2D eigenvalue weighted by atomic mass is 16.7. The summed E-state index contributed by atoms with van der Waals surface area (Å²) in [5.74, 6) is 2.10. The van der Waals surface area contributed by atoms with Crippen LogP contribution in [-0.2, 0) is 30.8 Å². The topological polar surface area (TPSA) is 107 Å². The van der Waals surface area contributed by atoms with Gasteiger partial charge in [-0.1, -0.05) is 30.3 Å². The third kappa shape index (κ3) is 4.95. The Labute approximate surface area is 207 Å². The quantitative estimate of drug-likeness (QED) is 0.383. The summed E-state index contributed by atoms with van der Waals surface area (Å²) in [5.41, 5.74) is 2.51. The summed E-state index contributed by atoms with van der Waals surface area (Å²) < 4.78 is 18.7. The summed E-state index contributed by atoms with van der Waals surface area (Å²) in [7, 11) is 0. The van der Waals surface area contributed by atoms with Crippen molar-refractivity contribution in [3.63, 3.8) is 0 Å². The van der Waals surface area contributed by atoms with Crippen molar-refractivity contribution in [3.8, 4) is 11.5 Å². The molecule has 0 amide bonds. The molecule has 0 saturated carbocycles. The molecule has 186 valence electrons. The largest absolute Gasteiger partial charge is 0.454 e. The zero-order chi connectivity index (χ0) is 24.3. The van der Waals surface area contributed by atoms with Crippen molar-refractivity contribution in [1.82, 2.24) is 30.1 Å². The van der Waals surface area contributed by atoms with E-state index in [4.69, 9.17) is 14.2 Å². The van der Waals surface area contributed by atoms with Gasteiger partial charge in [-0.3, -0.25) is 9.69 Å². The molecular weight excluding hydrogens is 460 g/mol. The Hall–Kier alpha value is -3.76. The van der Waals surface area contributed by atoms with E-state index in [0.717, 1.165) is 42.6 Å². The fraction of sp³-hybridized carbons (Fsp3) is 0.385. The molecular formula is C26H28N6O4. The number of rotatable bonds is 9. The molecule has 36 heavy (non-hydrogen) atoms. The smallest absolute Gasteiger partial charge is 0.252 e. The highest BCUT2D eigenvalue weighted by Crippen LogP contribution is 2.35. The molecule has 0 bridgehead atoms. The van der Waals surface area contributed by atoms with Gasteiger partial charge in [0, 0.05) is 43.3 Å². The first kappa shape index (κ1) is 22.7. The third-order valence-corrected chi connectivity index (χ3v) is 6.72. The van der Waals surface area contributed by atoms with Gasteiger partial charge in [-0.2, -0.15) is 0 Å². The number of hydrogen-bond acceptors (Lipinski definition) is 8. The van der Waals surface area contributed by atoms with E-state index in [1.54, 1.807) is 0 Å². The maximum atomic E-state index is 13.0. The fourth-order valence-corrected chi connectivity index (χ4v) is 4.85. The zero-order valence-corrected chi connectivity index (χ0v) is 19.9. The van der Waals surface area contributed by atoms with Gasteiger partial charge in [0.25, 0.3) is 5.56 Å². The standard InChI is InChI=1S/C26H28N6O4/c33-26-20(11-19-12-23-24(36-17-35-23)13-22(19)27-26)14-31(15-21-7-4-10-34-21)16-25-28-29-30-32(25)9-8-18-5-2-1-3-6-18/h1-3,5-6,11-13,21H,4,7-10,14-17H2,(H,27,33). The highest BCUT2D eigenvalue weighted by Gasteiger charge is 2.23. The summed E-state index contributed by atoms with van der Waals surface area (Å²) in [6, 6.07) is 15.9. The Bertz CT molecular complexity index is 1400. The molecule has 2 aromatic heterocycles. The van der Waals surface area contributed by atoms with Gasteiger partial charge in [0.05, 0.1) is 18.2 Å². The van der Waals surface area contributed by atoms with Gasteiger partial charge in [-0.15, -0.1) is 5.10 Å². The Balaban J connectivity index is 1.23. The van der Waals surface area contributed by atoms with E-state index in [-0.39, 0.29) is 18.5 Å². The maximum Gasteiger partial charge on any atom is 0.252 e. The van der Waals surface area contributed by atoms with Crippen LogP contribution >= 0.6 is 0 Å². The molecule has 2 aliphatic rings. The van der Waals surface area contributed by atoms with Crippen LogP contribution in [-0.4, -0.2) is 56.1 Å². The maximum absolute atomic E-state index is 13.0. The van der Waals surface area contributed by atoms with Crippen molar-refractivity contribution < 1.29 is 14.2 Å². The Morgan fingerprint density at radius 3 is 2.78 bits per heavy atom. The average Bonchev–Trinajstić information content (AvgIpc) is 3.65. The number of nitrogens with zero attached hydrogens (tertiary/aromatic N) is 5. The molecule has 6 rings (SSSR count). The second-order valence-corrected chi connectivity index (χ2v) is 9.27. The predicted molar refractivity (Wildman–Crippen MR) is 132 cm³/mol. The van der Waals surface area contributed by atoms with Crippen molar-refractivity contribution in [2.24, 2.45) is 0 Å². The second-order valence-electron chi connectivity index (χ2n) is 9.27. The normalized spacial score (nSPS) is 16.9. The number of aromatic amines is 1. The summed E-state index contributed by atoms with van der Waals surface area (Å²) >= 11 is 0. The van der Waals surface area contributed by atoms with Crippen molar-refractivity contribution in [2.45, 2.75) is 45.0 Å². The highest BCUT2D eigenvalue weighted by molar-refractivity contribution is 5.83. The van der Waals surface area contributed by atoms with Crippen LogP contribution in [0.3, 0.4) is 0 Å². The lowest BCUT2D eigenvalue weighted by molar-refractivity contribution is 0.0663. The summed E-state index contributed by atoms with van der Waals surface area (Å²) in [6.07, 6.45) is 3.03. The Morgan fingerprint density at radius 2 is 1.94 bits per heavy atom. The molecule has 4 heterocycles. The first-order valence-electron chi connectivity index (χ1n) is 12.3. The summed E-state index contributed by atoms with van der Waals surface area (Å²) in [4.78, 5) is 18.2. The van der Waals surface area contributed by atoms with Crippen LogP contribution < -0.4 is 15.0 Å². The average molecular weight is 489 g/mol. The van der Waals surface area contributed by atoms with Crippen molar-refractivity contribution in [1.29, 1.82) is 0 Å². The molecule has 2 aromatic carbocycles. The van der Waals surface area contributed by atoms with E-state index >= 15 is 0 Å². The van der Waals surface area contributed by atoms with Gasteiger partial charge >= 0.3 is 0 Å². The number of H-pyrrole nitrogens is 1. The van der Waals surface area contributed by atoms with Crippen molar-refractivity contribution >= 4 is 10.9 Å². The van der Waals surface area contributed by atoms with Crippen LogP contribution in [0.4, 0.5) is 0 Å². The van der Waals surface area contributed by atoms with Crippen LogP contribution in [0.5, 0.6) is 11.5 Å². The van der Waals surface area contributed by atoms with Crippen LogP contribution in [0.2, 0.25) is 0 Å². The number of benzene rings is 2. The number of hydrogen-bond donors (Lipinski definition) is 1. The first-order chi connectivity index (χ1) is 17.7. The molecule has 0 aliphatic carbocycles.